The van der Waals surface area contributed by atoms with Gasteiger partial charge < -0.3 is 4.74 Å². The Morgan fingerprint density at radius 3 is 2.34 bits per heavy atom. The van der Waals surface area contributed by atoms with Crippen LogP contribution in [0.25, 0.3) is 17.0 Å². The molecule has 168 valence electrons. The first kappa shape index (κ1) is 21.6. The number of hydrogen-bond acceptors (Lipinski definition) is 10. The van der Waals surface area contributed by atoms with Gasteiger partial charge in [-0.15, -0.1) is 3.71 Å². The van der Waals surface area contributed by atoms with Crippen LogP contribution >= 0.6 is 0 Å². The van der Waals surface area contributed by atoms with Crippen molar-refractivity contribution in [2.45, 2.75) is 6.61 Å². The van der Waals surface area contributed by atoms with Crippen LogP contribution in [0, 0.1) is 0 Å². The Kier molecular flexibility index (Phi) is 5.29. The Bertz CT molecular complexity index is 1480. The van der Waals surface area contributed by atoms with Gasteiger partial charge in [-0.2, -0.15) is 4.98 Å². The van der Waals surface area contributed by atoms with Gasteiger partial charge >= 0.3 is 6.01 Å². The number of rotatable bonds is 7. The van der Waals surface area contributed by atoms with Crippen LogP contribution < -0.4 is 8.45 Å². The maximum atomic E-state index is 12.0. The van der Waals surface area contributed by atoms with Gasteiger partial charge in [-0.3, -0.25) is 0 Å². The topological polar surface area (TPSA) is 155 Å². The predicted octanol–water partition coefficient (Wildman–Crippen LogP) is 0.249. The van der Waals surface area contributed by atoms with E-state index in [4.69, 9.17) is 4.74 Å². The summed E-state index contributed by atoms with van der Waals surface area (Å²) in [7, 11) is -6.56. The van der Waals surface area contributed by atoms with Crippen LogP contribution in [0.3, 0.4) is 0 Å². The molecule has 15 heteroatoms. The van der Waals surface area contributed by atoms with E-state index in [1.165, 1.54) is 16.8 Å². The summed E-state index contributed by atoms with van der Waals surface area (Å²) >= 11 is 0. The van der Waals surface area contributed by atoms with Crippen molar-refractivity contribution in [3.63, 3.8) is 0 Å². The fourth-order valence-corrected chi connectivity index (χ4v) is 5.93. The fraction of sp³-hybridized carbons (Fsp3) is 0.235. The van der Waals surface area contributed by atoms with E-state index < -0.39 is 20.0 Å². The van der Waals surface area contributed by atoms with E-state index in [0.29, 0.717) is 17.0 Å². The molecule has 0 saturated carbocycles. The van der Waals surface area contributed by atoms with Crippen LogP contribution in [-0.4, -0.2) is 64.1 Å². The SMILES string of the molecule is Cn1nnnc1-n1c(OCc2cccc(N(S(C)(=O)=O)S(C)(=O)=O)n2)nc2ccccc21. The largest absolute Gasteiger partial charge is 0.458 e. The van der Waals surface area contributed by atoms with Crippen molar-refractivity contribution in [1.82, 2.24) is 34.7 Å². The Hall–Kier alpha value is -3.59. The summed E-state index contributed by atoms with van der Waals surface area (Å²) < 4.78 is 57.3. The lowest BCUT2D eigenvalue weighted by molar-refractivity contribution is 0.272. The van der Waals surface area contributed by atoms with E-state index >= 15 is 0 Å². The van der Waals surface area contributed by atoms with Gasteiger partial charge in [0.25, 0.3) is 5.95 Å². The van der Waals surface area contributed by atoms with Gasteiger partial charge in [-0.05, 0) is 34.7 Å². The zero-order valence-corrected chi connectivity index (χ0v) is 18.8. The number of aryl methyl sites for hydroxylation is 1. The first-order valence-electron chi connectivity index (χ1n) is 9.05. The number of pyridine rings is 1. The molecule has 0 unspecified atom stereocenters. The molecule has 0 fully saturated rings. The van der Waals surface area contributed by atoms with Gasteiger partial charge in [-0.25, -0.2) is 31.1 Å². The number of aromatic nitrogens is 7. The molecule has 0 spiro atoms. The van der Waals surface area contributed by atoms with Crippen molar-refractivity contribution in [3.8, 4) is 12.0 Å². The molecule has 3 heterocycles. The van der Waals surface area contributed by atoms with Crippen molar-refractivity contribution in [1.29, 1.82) is 0 Å². The minimum atomic E-state index is -4.12. The summed E-state index contributed by atoms with van der Waals surface area (Å²) in [5.41, 5.74) is 1.64. The summed E-state index contributed by atoms with van der Waals surface area (Å²) in [4.78, 5) is 8.61. The third-order valence-corrected chi connectivity index (χ3v) is 7.46. The zero-order valence-electron chi connectivity index (χ0n) is 17.2. The van der Waals surface area contributed by atoms with Crippen LogP contribution in [-0.2, 0) is 33.7 Å². The number of nitrogens with zero attached hydrogens (tertiary/aromatic N) is 8. The molecule has 4 aromatic rings. The molecule has 3 aromatic heterocycles. The number of anilines is 1. The normalized spacial score (nSPS) is 12.2. The minimum Gasteiger partial charge on any atom is -0.458 e. The maximum absolute atomic E-state index is 12.0. The van der Waals surface area contributed by atoms with Crippen molar-refractivity contribution in [2.24, 2.45) is 7.05 Å². The van der Waals surface area contributed by atoms with E-state index in [9.17, 15) is 16.8 Å². The number of imidazole rings is 1. The third kappa shape index (κ3) is 4.11. The molecule has 0 N–H and O–H groups in total. The Balaban J connectivity index is 1.70. The van der Waals surface area contributed by atoms with Gasteiger partial charge in [0.05, 0.1) is 29.2 Å². The lowest BCUT2D eigenvalue weighted by Crippen LogP contribution is -2.36. The number of hydrogen-bond donors (Lipinski definition) is 0. The number of sulfonamides is 2. The third-order valence-electron chi connectivity index (χ3n) is 4.26. The molecule has 0 saturated heterocycles. The van der Waals surface area contributed by atoms with E-state index in [1.54, 1.807) is 23.7 Å². The quantitative estimate of drug-likeness (QED) is 0.361. The van der Waals surface area contributed by atoms with E-state index in [-0.39, 0.29) is 27.8 Å². The summed E-state index contributed by atoms with van der Waals surface area (Å²) in [6.45, 7) is -0.121. The highest BCUT2D eigenvalue weighted by Crippen LogP contribution is 2.25. The fourth-order valence-electron chi connectivity index (χ4n) is 3.08. The molecule has 4 rings (SSSR count). The molecule has 0 amide bonds. The molecular weight excluding hydrogens is 460 g/mol. The van der Waals surface area contributed by atoms with Crippen molar-refractivity contribution >= 4 is 36.9 Å². The number of ether oxygens (including phenoxy) is 1. The maximum Gasteiger partial charge on any atom is 0.305 e. The van der Waals surface area contributed by atoms with E-state index in [0.717, 1.165) is 12.5 Å². The lowest BCUT2D eigenvalue weighted by atomic mass is 10.3. The summed E-state index contributed by atoms with van der Waals surface area (Å²) in [5.74, 6) is 0.109. The number of benzene rings is 1. The van der Waals surface area contributed by atoms with Gasteiger partial charge in [0.15, 0.2) is 5.82 Å². The highest BCUT2D eigenvalue weighted by atomic mass is 32.3. The Morgan fingerprint density at radius 1 is 0.969 bits per heavy atom. The van der Waals surface area contributed by atoms with Gasteiger partial charge in [0, 0.05) is 7.05 Å². The molecule has 0 bridgehead atoms. The molecule has 0 aliphatic rings. The smallest absolute Gasteiger partial charge is 0.305 e. The molecule has 13 nitrogen and oxygen atoms in total. The average Bonchev–Trinajstić information content (AvgIpc) is 3.27. The molecule has 0 aliphatic heterocycles. The molecule has 0 aliphatic carbocycles. The summed E-state index contributed by atoms with van der Waals surface area (Å²) in [6.07, 6.45) is 1.58. The van der Waals surface area contributed by atoms with E-state index in [1.807, 2.05) is 18.2 Å². The summed E-state index contributed by atoms with van der Waals surface area (Å²) in [6, 6.07) is 11.8. The average molecular weight is 479 g/mol. The van der Waals surface area contributed by atoms with Gasteiger partial charge in [0.2, 0.25) is 20.0 Å². The molecule has 1 aromatic carbocycles. The monoisotopic (exact) mass is 478 g/mol. The van der Waals surface area contributed by atoms with Crippen LogP contribution in [0.4, 0.5) is 5.82 Å². The number of tetrazole rings is 1. The predicted molar refractivity (Wildman–Crippen MR) is 114 cm³/mol. The highest BCUT2D eigenvalue weighted by Gasteiger charge is 2.28. The lowest BCUT2D eigenvalue weighted by Gasteiger charge is -2.19. The van der Waals surface area contributed by atoms with Crippen LogP contribution in [0.15, 0.2) is 42.5 Å². The second-order valence-electron chi connectivity index (χ2n) is 6.82. The number of fused-ring (bicyclic) bond motifs is 1. The number of para-hydroxylation sites is 2. The first-order chi connectivity index (χ1) is 15.1. The first-order valence-corrected chi connectivity index (χ1v) is 12.7. The van der Waals surface area contributed by atoms with Gasteiger partial charge in [0.1, 0.15) is 6.61 Å². The second-order valence-corrected chi connectivity index (χ2v) is 10.7. The van der Waals surface area contributed by atoms with Crippen molar-refractivity contribution in [2.75, 3.05) is 16.2 Å². The highest BCUT2D eigenvalue weighted by molar-refractivity contribution is 8.09. The zero-order chi connectivity index (χ0) is 23.1. The second kappa shape index (κ2) is 7.83. The molecule has 0 radical (unpaired) electrons. The van der Waals surface area contributed by atoms with Crippen LogP contribution in [0.1, 0.15) is 5.69 Å². The van der Waals surface area contributed by atoms with Crippen molar-refractivity contribution < 1.29 is 21.6 Å². The Labute approximate surface area is 183 Å². The minimum absolute atomic E-state index is 0.121. The van der Waals surface area contributed by atoms with Crippen LogP contribution in [0.5, 0.6) is 6.01 Å². The molecular formula is C17H18N8O5S2. The standard InChI is InChI=1S/C17H18N8O5S2/c1-23-16(20-21-22-23)24-14-9-5-4-8-13(14)19-17(24)30-11-12-7-6-10-15(18-12)25(31(2,26)27)32(3,28)29/h4-10H,11H2,1-3H3. The van der Waals surface area contributed by atoms with Crippen molar-refractivity contribution in [3.05, 3.63) is 48.2 Å². The Morgan fingerprint density at radius 2 is 1.69 bits per heavy atom. The van der Waals surface area contributed by atoms with Crippen LogP contribution in [0.2, 0.25) is 0 Å². The van der Waals surface area contributed by atoms with Gasteiger partial charge in [-0.1, -0.05) is 23.3 Å². The molecule has 32 heavy (non-hydrogen) atoms. The van der Waals surface area contributed by atoms with E-state index in [2.05, 4.69) is 25.5 Å². The molecule has 0 atom stereocenters. The summed E-state index contributed by atoms with van der Waals surface area (Å²) in [5, 5.41) is 11.5.